The van der Waals surface area contributed by atoms with Crippen LogP contribution in [0.5, 0.6) is 11.5 Å². The number of carbonyl (C=O) groups is 1. The van der Waals surface area contributed by atoms with Gasteiger partial charge in [-0.05, 0) is 24.3 Å². The molecule has 3 heterocycles. The number of morpholine rings is 1. The fraction of sp³-hybridized carbons (Fsp3) is 0.318. The highest BCUT2D eigenvalue weighted by molar-refractivity contribution is 5.83. The Morgan fingerprint density at radius 3 is 2.83 bits per heavy atom. The molecule has 1 aromatic carbocycles. The summed E-state index contributed by atoms with van der Waals surface area (Å²) in [5, 5.41) is 9.15. The van der Waals surface area contributed by atoms with Crippen LogP contribution in [0.3, 0.4) is 0 Å². The van der Waals surface area contributed by atoms with Crippen molar-refractivity contribution in [3.8, 4) is 17.6 Å². The highest BCUT2D eigenvalue weighted by Gasteiger charge is 2.27. The summed E-state index contributed by atoms with van der Waals surface area (Å²) >= 11 is 0. The summed E-state index contributed by atoms with van der Waals surface area (Å²) < 4.78 is 19.2. The van der Waals surface area contributed by atoms with E-state index in [1.807, 2.05) is 53.3 Å². The molecule has 0 spiro atoms. The van der Waals surface area contributed by atoms with Crippen LogP contribution in [-0.4, -0.2) is 61.1 Å². The highest BCUT2D eigenvalue weighted by Crippen LogP contribution is 2.31. The maximum atomic E-state index is 12.3. The molecule has 0 saturated carbocycles. The summed E-state index contributed by atoms with van der Waals surface area (Å²) in [6.07, 6.45) is 7.80. The summed E-state index contributed by atoms with van der Waals surface area (Å²) in [4.78, 5) is 14.1. The van der Waals surface area contributed by atoms with Crippen molar-refractivity contribution in [2.24, 2.45) is 0 Å². The largest absolute Gasteiger partial charge is 0.489 e. The molecule has 1 aromatic rings. The molecule has 0 aromatic heterocycles. The Hall–Kier alpha value is -3.37. The van der Waals surface area contributed by atoms with Gasteiger partial charge in [-0.25, -0.2) is 0 Å². The molecular weight excluding hydrogens is 370 g/mol. The number of nitriles is 1. The van der Waals surface area contributed by atoms with Crippen molar-refractivity contribution < 1.29 is 23.6 Å². The lowest BCUT2D eigenvalue weighted by molar-refractivity contribution is -0.455. The number of rotatable bonds is 6. The zero-order chi connectivity index (χ0) is 20.1. The van der Waals surface area contributed by atoms with Gasteiger partial charge in [0.15, 0.2) is 30.0 Å². The summed E-state index contributed by atoms with van der Waals surface area (Å²) in [5.41, 5.74) is 1.44. The van der Waals surface area contributed by atoms with Gasteiger partial charge in [0, 0.05) is 19.2 Å². The quantitative estimate of drug-likeness (QED) is 0.693. The number of hydrogen-bond donors (Lipinski definition) is 0. The van der Waals surface area contributed by atoms with Crippen molar-refractivity contribution in [1.82, 2.24) is 4.90 Å². The number of para-hydroxylation sites is 2. The fourth-order valence-electron chi connectivity index (χ4n) is 3.37. The average Bonchev–Trinajstić information content (AvgIpc) is 3.20. The van der Waals surface area contributed by atoms with E-state index in [1.165, 1.54) is 0 Å². The number of allylic oxidation sites excluding steroid dienone is 3. The molecule has 7 nitrogen and oxygen atoms in total. The fourth-order valence-corrected chi connectivity index (χ4v) is 3.37. The molecule has 1 amide bonds. The Labute approximate surface area is 169 Å². The van der Waals surface area contributed by atoms with Gasteiger partial charge in [0.1, 0.15) is 11.6 Å². The Morgan fingerprint density at radius 2 is 2.03 bits per heavy atom. The first-order valence-corrected chi connectivity index (χ1v) is 9.64. The summed E-state index contributed by atoms with van der Waals surface area (Å²) in [6, 6.07) is 9.54. The van der Waals surface area contributed by atoms with Gasteiger partial charge < -0.3 is 19.1 Å². The zero-order valence-electron chi connectivity index (χ0n) is 16.0. The minimum absolute atomic E-state index is 0.0677. The number of hydrogen-bond acceptors (Lipinski definition) is 5. The van der Waals surface area contributed by atoms with E-state index in [0.717, 1.165) is 5.70 Å². The van der Waals surface area contributed by atoms with Gasteiger partial charge in [-0.3, -0.25) is 4.79 Å². The van der Waals surface area contributed by atoms with E-state index in [4.69, 9.17) is 19.5 Å². The van der Waals surface area contributed by atoms with Crippen molar-refractivity contribution in [2.75, 3.05) is 39.5 Å². The van der Waals surface area contributed by atoms with E-state index in [9.17, 15) is 4.79 Å². The van der Waals surface area contributed by atoms with Crippen LogP contribution in [0.1, 0.15) is 6.42 Å². The molecular formula is C22H22N3O4+. The minimum Gasteiger partial charge on any atom is -0.489 e. The second kappa shape index (κ2) is 8.76. The zero-order valence-corrected chi connectivity index (χ0v) is 16.0. The second-order valence-electron chi connectivity index (χ2n) is 6.79. The molecule has 3 aliphatic rings. The molecule has 1 saturated heterocycles. The maximum Gasteiger partial charge on any atom is 0.250 e. The molecule has 29 heavy (non-hydrogen) atoms. The first-order chi connectivity index (χ1) is 14.2. The van der Waals surface area contributed by atoms with E-state index in [1.54, 1.807) is 4.90 Å². The summed E-state index contributed by atoms with van der Waals surface area (Å²) in [7, 11) is 0. The molecule has 0 radical (unpaired) electrons. The highest BCUT2D eigenvalue weighted by atomic mass is 16.5. The van der Waals surface area contributed by atoms with Gasteiger partial charge in [0.25, 0.3) is 0 Å². The number of ether oxygens (including phenoxy) is 3. The SMILES string of the molecule is N#CC1=CC2=C(Oc3ccccc3OCCC(=O)N3CCOCC3)C=CC[N+]2=C1. The van der Waals surface area contributed by atoms with E-state index in [2.05, 4.69) is 6.07 Å². The van der Waals surface area contributed by atoms with Gasteiger partial charge in [0.2, 0.25) is 11.6 Å². The number of amides is 1. The van der Waals surface area contributed by atoms with Gasteiger partial charge in [-0.2, -0.15) is 9.84 Å². The molecule has 0 atom stereocenters. The topological polar surface area (TPSA) is 74.8 Å². The van der Waals surface area contributed by atoms with E-state index in [-0.39, 0.29) is 12.5 Å². The van der Waals surface area contributed by atoms with Crippen LogP contribution < -0.4 is 9.47 Å². The van der Waals surface area contributed by atoms with Crippen LogP contribution in [0.15, 0.2) is 59.5 Å². The van der Waals surface area contributed by atoms with Crippen molar-refractivity contribution >= 4 is 12.1 Å². The third kappa shape index (κ3) is 4.39. The van der Waals surface area contributed by atoms with E-state index >= 15 is 0 Å². The molecule has 3 aliphatic heterocycles. The van der Waals surface area contributed by atoms with Crippen molar-refractivity contribution in [3.05, 3.63) is 59.5 Å². The molecule has 7 heteroatoms. The third-order valence-corrected chi connectivity index (χ3v) is 4.86. The Bertz CT molecular complexity index is 963. The molecule has 1 fully saturated rings. The second-order valence-corrected chi connectivity index (χ2v) is 6.79. The normalized spacial score (nSPS) is 18.0. The third-order valence-electron chi connectivity index (χ3n) is 4.86. The van der Waals surface area contributed by atoms with Gasteiger partial charge in [-0.15, -0.1) is 0 Å². The molecule has 0 bridgehead atoms. The summed E-state index contributed by atoms with van der Waals surface area (Å²) in [6.45, 7) is 3.42. The average molecular weight is 392 g/mol. The van der Waals surface area contributed by atoms with Crippen molar-refractivity contribution in [1.29, 1.82) is 5.26 Å². The lowest BCUT2D eigenvalue weighted by atomic mass is 10.2. The van der Waals surface area contributed by atoms with Crippen LogP contribution in [0.25, 0.3) is 0 Å². The molecule has 148 valence electrons. The predicted molar refractivity (Wildman–Crippen MR) is 106 cm³/mol. The number of fused-ring (bicyclic) bond motifs is 1. The first kappa shape index (κ1) is 19.0. The number of carbonyl (C=O) groups excluding carboxylic acids is 1. The van der Waals surface area contributed by atoms with Crippen molar-refractivity contribution in [2.45, 2.75) is 6.42 Å². The minimum atomic E-state index is 0.0677. The van der Waals surface area contributed by atoms with Crippen molar-refractivity contribution in [3.63, 3.8) is 0 Å². The maximum absolute atomic E-state index is 12.3. The van der Waals surface area contributed by atoms with Crippen LogP contribution in [0.2, 0.25) is 0 Å². The van der Waals surface area contributed by atoms with Gasteiger partial charge in [-0.1, -0.05) is 12.1 Å². The lowest BCUT2D eigenvalue weighted by Crippen LogP contribution is -2.41. The van der Waals surface area contributed by atoms with Gasteiger partial charge >= 0.3 is 0 Å². The smallest absolute Gasteiger partial charge is 0.250 e. The molecule has 0 N–H and O–H groups in total. The van der Waals surface area contributed by atoms with E-state index < -0.39 is 0 Å². The van der Waals surface area contributed by atoms with E-state index in [0.29, 0.717) is 62.1 Å². The standard InChI is InChI=1S/C22H22N3O4/c23-15-17-14-18-19(6-3-8-25(18)16-17)29-21-5-2-1-4-20(21)28-11-7-22(26)24-9-12-27-13-10-24/h1-6,14,16H,7-13H2/q+1. The Morgan fingerprint density at radius 1 is 1.24 bits per heavy atom. The molecule has 4 rings (SSSR count). The Balaban J connectivity index is 1.42. The number of benzene rings is 1. The Kier molecular flexibility index (Phi) is 5.73. The monoisotopic (exact) mass is 392 g/mol. The molecule has 0 aliphatic carbocycles. The van der Waals surface area contributed by atoms with Crippen LogP contribution in [0.4, 0.5) is 0 Å². The number of nitrogens with zero attached hydrogens (tertiary/aromatic N) is 3. The molecule has 0 unspecified atom stereocenters. The van der Waals surface area contributed by atoms with Crippen LogP contribution >= 0.6 is 0 Å². The van der Waals surface area contributed by atoms with Crippen LogP contribution in [0, 0.1) is 11.3 Å². The van der Waals surface area contributed by atoms with Gasteiger partial charge in [0.05, 0.1) is 26.2 Å². The first-order valence-electron chi connectivity index (χ1n) is 9.64. The predicted octanol–water partition coefficient (Wildman–Crippen LogP) is 2.02. The lowest BCUT2D eigenvalue weighted by Gasteiger charge is -2.26. The van der Waals surface area contributed by atoms with Crippen LogP contribution in [-0.2, 0) is 9.53 Å². The summed E-state index contributed by atoms with van der Waals surface area (Å²) in [5.74, 6) is 1.86.